The van der Waals surface area contributed by atoms with Crippen molar-refractivity contribution in [3.8, 4) is 0 Å². The van der Waals surface area contributed by atoms with Gasteiger partial charge >= 0.3 is 22.0 Å². The largest absolute Gasteiger partial charge is 0.393 e. The highest BCUT2D eigenvalue weighted by Gasteiger charge is 2.54. The number of halogens is 2. The van der Waals surface area contributed by atoms with E-state index in [4.69, 9.17) is 0 Å². The molecule has 0 radical (unpaired) electrons. The summed E-state index contributed by atoms with van der Waals surface area (Å²) in [6, 6.07) is 0. The lowest BCUT2D eigenvalue weighted by molar-refractivity contribution is -0.153. The molecule has 1 aliphatic heterocycles. The van der Waals surface area contributed by atoms with E-state index in [0.717, 1.165) is 0 Å². The smallest absolute Gasteiger partial charge is 0.340 e. The van der Waals surface area contributed by atoms with Gasteiger partial charge in [-0.3, -0.25) is 0 Å². The Morgan fingerprint density at radius 2 is 2.00 bits per heavy atom. The van der Waals surface area contributed by atoms with E-state index in [2.05, 4.69) is 4.18 Å². The molecular weight excluding hydrogens is 170 g/mol. The van der Waals surface area contributed by atoms with Crippen LogP contribution in [0.3, 0.4) is 0 Å². The summed E-state index contributed by atoms with van der Waals surface area (Å²) in [6.45, 7) is 0. The van der Waals surface area contributed by atoms with Crippen LogP contribution in [0.5, 0.6) is 0 Å². The molecule has 0 spiro atoms. The fraction of sp³-hybridized carbons (Fsp3) is 0.667. The summed E-state index contributed by atoms with van der Waals surface area (Å²) in [4.78, 5) is 9.96. The molecule has 0 saturated carbocycles. The molecule has 7 heteroatoms. The molecule has 0 N–H and O–H groups in total. The first-order chi connectivity index (χ1) is 4.33. The number of hydrogen-bond donors (Lipinski definition) is 0. The zero-order valence-corrected chi connectivity index (χ0v) is 5.32. The molecule has 1 fully saturated rings. The van der Waals surface area contributed by atoms with Crippen LogP contribution in [-0.4, -0.2) is 26.1 Å². The van der Waals surface area contributed by atoms with Crippen molar-refractivity contribution in [2.45, 2.75) is 5.92 Å². The predicted octanol–water partition coefficient (Wildman–Crippen LogP) is -0.492. The summed E-state index contributed by atoms with van der Waals surface area (Å²) in [6.07, 6.45) is 0. The van der Waals surface area contributed by atoms with E-state index in [0.29, 0.717) is 0 Å². The van der Waals surface area contributed by atoms with Gasteiger partial charge in [0.05, 0.1) is 0 Å². The second-order valence-electron chi connectivity index (χ2n) is 1.78. The van der Waals surface area contributed by atoms with Gasteiger partial charge in [-0.1, -0.05) is 0 Å². The number of rotatable bonds is 0. The van der Waals surface area contributed by atoms with Gasteiger partial charge in [-0.2, -0.15) is 17.2 Å². The maximum absolute atomic E-state index is 12.0. The molecule has 58 valence electrons. The molecule has 10 heavy (non-hydrogen) atoms. The van der Waals surface area contributed by atoms with Crippen LogP contribution in [0, 0.1) is 0 Å². The summed E-state index contributed by atoms with van der Waals surface area (Å²) in [5, 5.41) is 0. The van der Waals surface area contributed by atoms with E-state index in [-0.39, 0.29) is 0 Å². The molecule has 1 heterocycles. The molecule has 4 nitrogen and oxygen atoms in total. The quantitative estimate of drug-likeness (QED) is 0.462. The molecule has 0 unspecified atom stereocenters. The zero-order valence-electron chi connectivity index (χ0n) is 4.50. The number of hydrogen-bond acceptors (Lipinski definition) is 4. The third-order valence-corrected chi connectivity index (χ3v) is 1.98. The fourth-order valence-corrected chi connectivity index (χ4v) is 1.46. The van der Waals surface area contributed by atoms with Crippen molar-refractivity contribution < 1.29 is 26.2 Å². The van der Waals surface area contributed by atoms with Crippen LogP contribution in [0.1, 0.15) is 0 Å². The monoisotopic (exact) mass is 172 g/mol. The van der Waals surface area contributed by atoms with E-state index >= 15 is 0 Å². The first kappa shape index (κ1) is 7.39. The standard InChI is InChI=1S/C3H2F2O4S/c4-3(5)1-10(7,8)9-2(3)6/h1H2. The van der Waals surface area contributed by atoms with Gasteiger partial charge in [-0.15, -0.1) is 0 Å². The Bertz CT molecular complexity index is 266. The Hall–Kier alpha value is -0.720. The van der Waals surface area contributed by atoms with E-state index in [1.54, 1.807) is 0 Å². The third kappa shape index (κ3) is 1.08. The van der Waals surface area contributed by atoms with Gasteiger partial charge in [0.15, 0.2) is 5.75 Å². The molecular formula is C3H2F2O4S. The summed E-state index contributed by atoms with van der Waals surface area (Å²) in [7, 11) is -4.30. The highest BCUT2D eigenvalue weighted by atomic mass is 32.2. The summed E-state index contributed by atoms with van der Waals surface area (Å²) < 4.78 is 47.6. The Labute approximate surface area is 54.9 Å². The zero-order chi connectivity index (χ0) is 7.99. The second kappa shape index (κ2) is 1.66. The predicted molar refractivity (Wildman–Crippen MR) is 24.8 cm³/mol. The van der Waals surface area contributed by atoms with Crippen molar-refractivity contribution in [3.63, 3.8) is 0 Å². The average Bonchev–Trinajstić information content (AvgIpc) is 1.73. The van der Waals surface area contributed by atoms with Gasteiger partial charge in [0.25, 0.3) is 0 Å². The molecule has 0 aromatic heterocycles. The van der Waals surface area contributed by atoms with Crippen molar-refractivity contribution in [2.24, 2.45) is 0 Å². The lowest BCUT2D eigenvalue weighted by Gasteiger charge is -1.95. The lowest BCUT2D eigenvalue weighted by Crippen LogP contribution is -2.25. The Kier molecular flexibility index (Phi) is 1.22. The molecule has 0 amide bonds. The summed E-state index contributed by atoms with van der Waals surface area (Å²) >= 11 is 0. The first-order valence-electron chi connectivity index (χ1n) is 2.18. The molecule has 0 atom stereocenters. The van der Waals surface area contributed by atoms with Crippen LogP contribution in [0.15, 0.2) is 0 Å². The fourth-order valence-electron chi connectivity index (χ4n) is 0.487. The highest BCUT2D eigenvalue weighted by Crippen LogP contribution is 2.26. The summed E-state index contributed by atoms with van der Waals surface area (Å²) in [5.41, 5.74) is 0. The topological polar surface area (TPSA) is 60.4 Å². The van der Waals surface area contributed by atoms with Crippen LogP contribution in [0.25, 0.3) is 0 Å². The van der Waals surface area contributed by atoms with Crippen LogP contribution in [0.4, 0.5) is 8.78 Å². The van der Waals surface area contributed by atoms with E-state index in [1.807, 2.05) is 0 Å². The molecule has 0 aliphatic carbocycles. The number of carbonyl (C=O) groups excluding carboxylic acids is 1. The van der Waals surface area contributed by atoms with Gasteiger partial charge in [-0.05, 0) is 0 Å². The number of carbonyl (C=O) groups is 1. The van der Waals surface area contributed by atoms with E-state index < -0.39 is 27.8 Å². The third-order valence-electron chi connectivity index (χ3n) is 0.859. The van der Waals surface area contributed by atoms with Crippen molar-refractivity contribution in [1.29, 1.82) is 0 Å². The molecule has 1 aliphatic rings. The maximum atomic E-state index is 12.0. The molecule has 1 rings (SSSR count). The molecule has 0 aromatic carbocycles. The van der Waals surface area contributed by atoms with Crippen molar-refractivity contribution in [3.05, 3.63) is 0 Å². The van der Waals surface area contributed by atoms with Gasteiger partial charge in [0.2, 0.25) is 0 Å². The van der Waals surface area contributed by atoms with Crippen LogP contribution < -0.4 is 0 Å². The van der Waals surface area contributed by atoms with Gasteiger partial charge < -0.3 is 4.18 Å². The van der Waals surface area contributed by atoms with Crippen LogP contribution >= 0.6 is 0 Å². The molecule has 1 saturated heterocycles. The van der Waals surface area contributed by atoms with Gasteiger partial charge in [0.1, 0.15) is 0 Å². The molecule has 0 bridgehead atoms. The van der Waals surface area contributed by atoms with Crippen molar-refractivity contribution >= 4 is 16.1 Å². The Balaban J connectivity index is 3.03. The van der Waals surface area contributed by atoms with Crippen molar-refractivity contribution in [1.82, 2.24) is 0 Å². The SMILES string of the molecule is O=C1OS(=O)(=O)CC1(F)F. The van der Waals surface area contributed by atoms with E-state index in [9.17, 15) is 22.0 Å². The van der Waals surface area contributed by atoms with Crippen molar-refractivity contribution in [2.75, 3.05) is 5.75 Å². The van der Waals surface area contributed by atoms with Gasteiger partial charge in [0, 0.05) is 0 Å². The minimum Gasteiger partial charge on any atom is -0.340 e. The van der Waals surface area contributed by atoms with Gasteiger partial charge in [-0.25, -0.2) is 4.79 Å². The Morgan fingerprint density at radius 3 is 2.10 bits per heavy atom. The first-order valence-corrected chi connectivity index (χ1v) is 3.76. The van der Waals surface area contributed by atoms with Crippen LogP contribution in [-0.2, 0) is 19.1 Å². The van der Waals surface area contributed by atoms with E-state index in [1.165, 1.54) is 0 Å². The minimum absolute atomic E-state index is 1.54. The molecule has 0 aromatic rings. The lowest BCUT2D eigenvalue weighted by atomic mass is 10.4. The van der Waals surface area contributed by atoms with Crippen LogP contribution in [0.2, 0.25) is 0 Å². The minimum atomic E-state index is -4.30. The summed E-state index contributed by atoms with van der Waals surface area (Å²) in [5.74, 6) is -7.40. The Morgan fingerprint density at radius 1 is 1.50 bits per heavy atom. The second-order valence-corrected chi connectivity index (χ2v) is 3.35. The normalized spacial score (nSPS) is 28.0. The number of alkyl halides is 2. The average molecular weight is 172 g/mol. The highest BCUT2D eigenvalue weighted by molar-refractivity contribution is 7.87. The maximum Gasteiger partial charge on any atom is 0.393 e.